The Kier molecular flexibility index (Phi) is 8.81. The first-order valence-electron chi connectivity index (χ1n) is 11.9. The van der Waals surface area contributed by atoms with Gasteiger partial charge in [0.1, 0.15) is 5.69 Å². The first kappa shape index (κ1) is 25.4. The number of piperazine rings is 1. The molecule has 0 radical (unpaired) electrons. The number of hydrogen-bond donors (Lipinski definition) is 1. The van der Waals surface area contributed by atoms with Crippen LogP contribution in [-0.2, 0) is 0 Å². The summed E-state index contributed by atoms with van der Waals surface area (Å²) in [5.41, 5.74) is 1.86. The zero-order chi connectivity index (χ0) is 24.7. The summed E-state index contributed by atoms with van der Waals surface area (Å²) in [5, 5.41) is 3.44. The van der Waals surface area contributed by atoms with Gasteiger partial charge in [-0.3, -0.25) is 14.6 Å². The molecule has 9 nitrogen and oxygen atoms in total. The fourth-order valence-corrected chi connectivity index (χ4v) is 3.95. The van der Waals surface area contributed by atoms with Crippen LogP contribution in [0.1, 0.15) is 41.1 Å². The van der Waals surface area contributed by atoms with E-state index in [-0.39, 0.29) is 11.8 Å². The van der Waals surface area contributed by atoms with E-state index in [0.717, 1.165) is 24.5 Å². The molecule has 0 spiro atoms. The van der Waals surface area contributed by atoms with E-state index in [4.69, 9.17) is 0 Å². The fraction of sp³-hybridized carbons (Fsp3) is 0.520. The standard InChI is InChI=1S/C25H37N7O2/c1-19(2)28-21-8-6-11-26-23(21)31-14-16-32(17-15-31)25(34)22-10-9-20(18-27-22)24(33)30(5)13-7-12-29(3)4/h6,8-11,18-19,28H,7,12-17H2,1-5H3. The van der Waals surface area contributed by atoms with Crippen LogP contribution in [-0.4, -0.2) is 103 Å². The summed E-state index contributed by atoms with van der Waals surface area (Å²) in [6.07, 6.45) is 4.20. The average molecular weight is 468 g/mol. The number of anilines is 2. The van der Waals surface area contributed by atoms with Gasteiger partial charge in [-0.2, -0.15) is 0 Å². The van der Waals surface area contributed by atoms with Crippen molar-refractivity contribution in [3.05, 3.63) is 47.9 Å². The first-order valence-corrected chi connectivity index (χ1v) is 11.9. The molecule has 3 rings (SSSR count). The maximum atomic E-state index is 13.0. The highest BCUT2D eigenvalue weighted by atomic mass is 16.2. The molecule has 9 heteroatoms. The molecule has 0 bridgehead atoms. The van der Waals surface area contributed by atoms with Crippen LogP contribution in [0.15, 0.2) is 36.7 Å². The molecule has 3 heterocycles. The Morgan fingerprint density at radius 1 is 1.03 bits per heavy atom. The number of nitrogens with zero attached hydrogens (tertiary/aromatic N) is 6. The van der Waals surface area contributed by atoms with Gasteiger partial charge in [-0.05, 0) is 65.2 Å². The highest BCUT2D eigenvalue weighted by molar-refractivity contribution is 5.96. The van der Waals surface area contributed by atoms with E-state index in [1.165, 1.54) is 6.20 Å². The zero-order valence-corrected chi connectivity index (χ0v) is 21.0. The third kappa shape index (κ3) is 6.66. The van der Waals surface area contributed by atoms with Crippen LogP contribution in [0.5, 0.6) is 0 Å². The Labute approximate surface area is 202 Å². The number of aromatic nitrogens is 2. The lowest BCUT2D eigenvalue weighted by atomic mass is 10.2. The molecule has 1 fully saturated rings. The lowest BCUT2D eigenvalue weighted by molar-refractivity contribution is 0.0737. The monoisotopic (exact) mass is 467 g/mol. The van der Waals surface area contributed by atoms with Crippen LogP contribution in [0, 0.1) is 0 Å². The van der Waals surface area contributed by atoms with Crippen molar-refractivity contribution in [2.24, 2.45) is 0 Å². The van der Waals surface area contributed by atoms with Crippen molar-refractivity contribution in [2.45, 2.75) is 26.3 Å². The van der Waals surface area contributed by atoms with Crippen molar-refractivity contribution in [1.82, 2.24) is 24.7 Å². The van der Waals surface area contributed by atoms with E-state index in [1.54, 1.807) is 30.3 Å². The van der Waals surface area contributed by atoms with Crippen molar-refractivity contribution in [3.63, 3.8) is 0 Å². The van der Waals surface area contributed by atoms with Crippen LogP contribution in [0.25, 0.3) is 0 Å². The van der Waals surface area contributed by atoms with Gasteiger partial charge in [0, 0.05) is 58.2 Å². The summed E-state index contributed by atoms with van der Waals surface area (Å²) in [5.74, 6) is 0.721. The van der Waals surface area contributed by atoms with E-state index in [1.807, 2.05) is 31.1 Å². The van der Waals surface area contributed by atoms with Gasteiger partial charge in [0.05, 0.1) is 11.3 Å². The predicted molar refractivity (Wildman–Crippen MR) is 135 cm³/mol. The molecule has 0 saturated carbocycles. The Balaban J connectivity index is 1.56. The SMILES string of the molecule is CC(C)Nc1cccnc1N1CCN(C(=O)c2ccc(C(=O)N(C)CCCN(C)C)cn2)CC1. The Bertz CT molecular complexity index is 954. The van der Waals surface area contributed by atoms with E-state index in [2.05, 4.69) is 38.9 Å². The third-order valence-corrected chi connectivity index (χ3v) is 5.77. The van der Waals surface area contributed by atoms with Crippen LogP contribution in [0.3, 0.4) is 0 Å². The second-order valence-electron chi connectivity index (χ2n) is 9.27. The van der Waals surface area contributed by atoms with Gasteiger partial charge in [0.15, 0.2) is 5.82 Å². The summed E-state index contributed by atoms with van der Waals surface area (Å²) in [7, 11) is 5.82. The molecule has 0 aliphatic carbocycles. The molecular weight excluding hydrogens is 430 g/mol. The van der Waals surface area contributed by atoms with Gasteiger partial charge >= 0.3 is 0 Å². The molecule has 34 heavy (non-hydrogen) atoms. The lowest BCUT2D eigenvalue weighted by Crippen LogP contribution is -2.49. The molecule has 0 aromatic carbocycles. The topological polar surface area (TPSA) is 84.9 Å². The number of carbonyl (C=O) groups excluding carboxylic acids is 2. The minimum atomic E-state index is -0.112. The van der Waals surface area contributed by atoms with Gasteiger partial charge in [0.25, 0.3) is 11.8 Å². The van der Waals surface area contributed by atoms with Crippen LogP contribution < -0.4 is 10.2 Å². The molecule has 1 aliphatic heterocycles. The number of amides is 2. The third-order valence-electron chi connectivity index (χ3n) is 5.77. The number of hydrogen-bond acceptors (Lipinski definition) is 7. The molecule has 2 aromatic rings. The molecule has 184 valence electrons. The predicted octanol–water partition coefficient (Wildman–Crippen LogP) is 2.28. The second-order valence-corrected chi connectivity index (χ2v) is 9.27. The molecule has 2 aromatic heterocycles. The van der Waals surface area contributed by atoms with E-state index < -0.39 is 0 Å². The fourth-order valence-electron chi connectivity index (χ4n) is 3.95. The zero-order valence-electron chi connectivity index (χ0n) is 21.0. The molecule has 0 atom stereocenters. The molecule has 0 unspecified atom stereocenters. The van der Waals surface area contributed by atoms with Gasteiger partial charge in [0.2, 0.25) is 0 Å². The maximum Gasteiger partial charge on any atom is 0.272 e. The smallest absolute Gasteiger partial charge is 0.272 e. The van der Waals surface area contributed by atoms with Crippen LogP contribution in [0.4, 0.5) is 11.5 Å². The van der Waals surface area contributed by atoms with Gasteiger partial charge < -0.3 is 24.9 Å². The van der Waals surface area contributed by atoms with Gasteiger partial charge in [-0.1, -0.05) is 0 Å². The molecule has 1 saturated heterocycles. The number of pyridine rings is 2. The minimum absolute atomic E-state index is 0.0833. The van der Waals surface area contributed by atoms with Crippen molar-refractivity contribution in [3.8, 4) is 0 Å². The molecular formula is C25H37N7O2. The van der Waals surface area contributed by atoms with Crippen LogP contribution in [0.2, 0.25) is 0 Å². The second kappa shape index (κ2) is 11.8. The van der Waals surface area contributed by atoms with Crippen molar-refractivity contribution >= 4 is 23.3 Å². The maximum absolute atomic E-state index is 13.0. The Hall–Kier alpha value is -3.20. The largest absolute Gasteiger partial charge is 0.380 e. The van der Waals surface area contributed by atoms with E-state index in [9.17, 15) is 9.59 Å². The minimum Gasteiger partial charge on any atom is -0.380 e. The van der Waals surface area contributed by atoms with E-state index >= 15 is 0 Å². The summed E-state index contributed by atoms with van der Waals surface area (Å²) in [4.78, 5) is 42.3. The highest BCUT2D eigenvalue weighted by Crippen LogP contribution is 2.24. The summed E-state index contributed by atoms with van der Waals surface area (Å²) in [6.45, 7) is 8.37. The van der Waals surface area contributed by atoms with Crippen LogP contribution >= 0.6 is 0 Å². The normalized spacial score (nSPS) is 14.0. The van der Waals surface area contributed by atoms with Gasteiger partial charge in [-0.25, -0.2) is 4.98 Å². The lowest BCUT2D eigenvalue weighted by Gasteiger charge is -2.36. The Morgan fingerprint density at radius 2 is 1.76 bits per heavy atom. The van der Waals surface area contributed by atoms with Crippen molar-refractivity contribution in [1.29, 1.82) is 0 Å². The van der Waals surface area contributed by atoms with Gasteiger partial charge in [-0.15, -0.1) is 0 Å². The van der Waals surface area contributed by atoms with E-state index in [0.29, 0.717) is 50.0 Å². The highest BCUT2D eigenvalue weighted by Gasteiger charge is 2.25. The first-order chi connectivity index (χ1) is 16.3. The van der Waals surface area contributed by atoms with Crippen molar-refractivity contribution < 1.29 is 9.59 Å². The number of rotatable bonds is 9. The molecule has 1 N–H and O–H groups in total. The number of carbonyl (C=O) groups is 2. The summed E-state index contributed by atoms with van der Waals surface area (Å²) < 4.78 is 0. The summed E-state index contributed by atoms with van der Waals surface area (Å²) >= 11 is 0. The van der Waals surface area contributed by atoms with Crippen molar-refractivity contribution in [2.75, 3.05) is 70.6 Å². The Morgan fingerprint density at radius 3 is 2.38 bits per heavy atom. The number of nitrogens with one attached hydrogen (secondary N) is 1. The molecule has 1 aliphatic rings. The summed E-state index contributed by atoms with van der Waals surface area (Å²) in [6, 6.07) is 7.62. The quantitative estimate of drug-likeness (QED) is 0.606. The average Bonchev–Trinajstić information content (AvgIpc) is 2.83. The molecule has 2 amide bonds.